The summed E-state index contributed by atoms with van der Waals surface area (Å²) in [6.07, 6.45) is 0. The fraction of sp³-hybridized carbons (Fsp3) is 0.0714. The average molecular weight is 288 g/mol. The Bertz CT molecular complexity index is 695. The molecule has 2 rings (SSSR count). The van der Waals surface area contributed by atoms with Crippen LogP contribution in [0.1, 0.15) is 11.1 Å². The molecule has 0 aliphatic heterocycles. The van der Waals surface area contributed by atoms with Crippen molar-refractivity contribution >= 4 is 23.0 Å². The molecule has 0 aliphatic carbocycles. The van der Waals surface area contributed by atoms with Gasteiger partial charge in [0, 0.05) is 17.6 Å². The minimum absolute atomic E-state index is 0.0908. The highest BCUT2D eigenvalue weighted by molar-refractivity contribution is 6.30. The summed E-state index contributed by atoms with van der Waals surface area (Å²) in [7, 11) is 0. The third-order valence-electron chi connectivity index (χ3n) is 2.76. The van der Waals surface area contributed by atoms with Crippen LogP contribution in [0.2, 0.25) is 5.02 Å². The second-order valence-electron chi connectivity index (χ2n) is 4.04. The van der Waals surface area contributed by atoms with E-state index < -0.39 is 4.92 Å². The van der Waals surface area contributed by atoms with Crippen LogP contribution in [-0.2, 0) is 6.54 Å². The minimum atomic E-state index is -0.496. The number of benzene rings is 2. The van der Waals surface area contributed by atoms with E-state index >= 15 is 0 Å². The number of nitrogens with one attached hydrogen (secondary N) is 1. The van der Waals surface area contributed by atoms with Crippen molar-refractivity contribution < 1.29 is 4.92 Å². The predicted octanol–water partition coefficient (Wildman–Crippen LogP) is 3.73. The highest BCUT2D eigenvalue weighted by Gasteiger charge is 2.14. The Hall–Kier alpha value is -2.58. The zero-order chi connectivity index (χ0) is 14.5. The summed E-state index contributed by atoms with van der Waals surface area (Å²) in [5.74, 6) is 0. The molecule has 6 heteroatoms. The molecule has 0 saturated heterocycles. The molecule has 0 heterocycles. The Labute approximate surface area is 120 Å². The van der Waals surface area contributed by atoms with Gasteiger partial charge >= 0.3 is 0 Å². The SMILES string of the molecule is N#Cc1ccccc1CNc1ccc(Cl)cc1[N+](=O)[O-]. The van der Waals surface area contributed by atoms with Gasteiger partial charge in [0.15, 0.2) is 0 Å². The van der Waals surface area contributed by atoms with Gasteiger partial charge in [0.25, 0.3) is 5.69 Å². The predicted molar refractivity (Wildman–Crippen MR) is 76.6 cm³/mol. The summed E-state index contributed by atoms with van der Waals surface area (Å²) >= 11 is 5.75. The van der Waals surface area contributed by atoms with E-state index in [9.17, 15) is 10.1 Å². The quantitative estimate of drug-likeness (QED) is 0.686. The third kappa shape index (κ3) is 3.05. The van der Waals surface area contributed by atoms with Gasteiger partial charge in [-0.2, -0.15) is 5.26 Å². The van der Waals surface area contributed by atoms with E-state index in [4.69, 9.17) is 16.9 Å². The first-order chi connectivity index (χ1) is 9.61. The highest BCUT2D eigenvalue weighted by atomic mass is 35.5. The number of hydrogen-bond acceptors (Lipinski definition) is 4. The van der Waals surface area contributed by atoms with Crippen molar-refractivity contribution in [3.63, 3.8) is 0 Å². The Kier molecular flexibility index (Phi) is 4.18. The molecule has 0 aliphatic rings. The van der Waals surface area contributed by atoms with E-state index in [-0.39, 0.29) is 5.69 Å². The first-order valence-electron chi connectivity index (χ1n) is 5.77. The van der Waals surface area contributed by atoms with Crippen LogP contribution in [0.3, 0.4) is 0 Å². The summed E-state index contributed by atoms with van der Waals surface area (Å²) in [6.45, 7) is 0.326. The van der Waals surface area contributed by atoms with Crippen LogP contribution in [0.25, 0.3) is 0 Å². The lowest BCUT2D eigenvalue weighted by molar-refractivity contribution is -0.383. The molecule has 0 spiro atoms. The summed E-state index contributed by atoms with van der Waals surface area (Å²) in [4.78, 5) is 10.5. The van der Waals surface area contributed by atoms with E-state index in [2.05, 4.69) is 11.4 Å². The summed E-state index contributed by atoms with van der Waals surface area (Å²) < 4.78 is 0. The number of nitriles is 1. The highest BCUT2D eigenvalue weighted by Crippen LogP contribution is 2.28. The standard InChI is InChI=1S/C14H10ClN3O2/c15-12-5-6-13(14(7-12)18(19)20)17-9-11-4-2-1-3-10(11)8-16/h1-7,17H,9H2. The number of rotatable bonds is 4. The van der Waals surface area contributed by atoms with Crippen molar-refractivity contribution in [3.05, 3.63) is 68.7 Å². The average Bonchev–Trinajstić information content (AvgIpc) is 2.46. The van der Waals surface area contributed by atoms with Crippen LogP contribution in [-0.4, -0.2) is 4.92 Å². The van der Waals surface area contributed by atoms with Gasteiger partial charge in [-0.05, 0) is 23.8 Å². The molecular formula is C14H10ClN3O2. The minimum Gasteiger partial charge on any atom is -0.375 e. The lowest BCUT2D eigenvalue weighted by Gasteiger charge is -2.08. The Morgan fingerprint density at radius 3 is 2.75 bits per heavy atom. The Balaban J connectivity index is 2.24. The van der Waals surface area contributed by atoms with Gasteiger partial charge in [-0.25, -0.2) is 0 Å². The number of halogens is 1. The van der Waals surface area contributed by atoms with E-state index in [0.717, 1.165) is 5.56 Å². The normalized spacial score (nSPS) is 9.80. The molecule has 1 N–H and O–H groups in total. The van der Waals surface area contributed by atoms with Crippen molar-refractivity contribution in [2.75, 3.05) is 5.32 Å². The molecule has 0 saturated carbocycles. The lowest BCUT2D eigenvalue weighted by Crippen LogP contribution is -2.04. The molecule has 0 aromatic heterocycles. The number of nitro benzene ring substituents is 1. The molecule has 2 aromatic rings. The zero-order valence-corrected chi connectivity index (χ0v) is 11.1. The molecule has 0 radical (unpaired) electrons. The lowest BCUT2D eigenvalue weighted by atomic mass is 10.1. The van der Waals surface area contributed by atoms with Gasteiger partial charge in [0.05, 0.1) is 16.6 Å². The van der Waals surface area contributed by atoms with E-state index in [1.165, 1.54) is 6.07 Å². The van der Waals surface area contributed by atoms with Crippen LogP contribution in [0.4, 0.5) is 11.4 Å². The van der Waals surface area contributed by atoms with Gasteiger partial charge in [0.2, 0.25) is 0 Å². The van der Waals surface area contributed by atoms with Crippen molar-refractivity contribution in [2.24, 2.45) is 0 Å². The number of nitro groups is 1. The second-order valence-corrected chi connectivity index (χ2v) is 4.48. The van der Waals surface area contributed by atoms with Crippen LogP contribution >= 0.6 is 11.6 Å². The monoisotopic (exact) mass is 287 g/mol. The molecule has 0 unspecified atom stereocenters. The summed E-state index contributed by atoms with van der Waals surface area (Å²) in [6, 6.07) is 13.6. The molecule has 100 valence electrons. The van der Waals surface area contributed by atoms with Gasteiger partial charge in [-0.3, -0.25) is 10.1 Å². The molecule has 5 nitrogen and oxygen atoms in total. The number of hydrogen-bond donors (Lipinski definition) is 1. The molecule has 0 fully saturated rings. The first-order valence-corrected chi connectivity index (χ1v) is 6.15. The van der Waals surface area contributed by atoms with Gasteiger partial charge in [-0.1, -0.05) is 29.8 Å². The van der Waals surface area contributed by atoms with Gasteiger partial charge in [0.1, 0.15) is 5.69 Å². The zero-order valence-electron chi connectivity index (χ0n) is 10.3. The maximum Gasteiger partial charge on any atom is 0.293 e. The summed E-state index contributed by atoms with van der Waals surface area (Å²) in [5.41, 5.74) is 1.59. The summed E-state index contributed by atoms with van der Waals surface area (Å²) in [5, 5.41) is 23.2. The molecule has 20 heavy (non-hydrogen) atoms. The van der Waals surface area contributed by atoms with Crippen LogP contribution < -0.4 is 5.32 Å². The van der Waals surface area contributed by atoms with Crippen molar-refractivity contribution in [3.8, 4) is 6.07 Å². The molecular weight excluding hydrogens is 278 g/mol. The third-order valence-corrected chi connectivity index (χ3v) is 3.00. The molecule has 0 bridgehead atoms. The van der Waals surface area contributed by atoms with Crippen LogP contribution in [0, 0.1) is 21.4 Å². The van der Waals surface area contributed by atoms with Crippen LogP contribution in [0.5, 0.6) is 0 Å². The molecule has 0 atom stereocenters. The maximum absolute atomic E-state index is 11.0. The van der Waals surface area contributed by atoms with E-state index in [1.807, 2.05) is 6.07 Å². The van der Waals surface area contributed by atoms with E-state index in [1.54, 1.807) is 30.3 Å². The van der Waals surface area contributed by atoms with Gasteiger partial charge < -0.3 is 5.32 Å². The topological polar surface area (TPSA) is 79.0 Å². The fourth-order valence-electron chi connectivity index (χ4n) is 1.78. The molecule has 2 aromatic carbocycles. The van der Waals surface area contributed by atoms with Crippen molar-refractivity contribution in [2.45, 2.75) is 6.54 Å². The number of nitrogens with zero attached hydrogens (tertiary/aromatic N) is 2. The first kappa shape index (κ1) is 13.8. The Morgan fingerprint density at radius 2 is 2.05 bits per heavy atom. The Morgan fingerprint density at radius 1 is 1.30 bits per heavy atom. The number of anilines is 1. The van der Waals surface area contributed by atoms with E-state index in [0.29, 0.717) is 22.8 Å². The smallest absolute Gasteiger partial charge is 0.293 e. The fourth-order valence-corrected chi connectivity index (χ4v) is 1.95. The van der Waals surface area contributed by atoms with Gasteiger partial charge in [-0.15, -0.1) is 0 Å². The van der Waals surface area contributed by atoms with Crippen molar-refractivity contribution in [1.82, 2.24) is 0 Å². The van der Waals surface area contributed by atoms with Crippen molar-refractivity contribution in [1.29, 1.82) is 5.26 Å². The van der Waals surface area contributed by atoms with Crippen LogP contribution in [0.15, 0.2) is 42.5 Å². The second kappa shape index (κ2) is 6.04. The largest absolute Gasteiger partial charge is 0.375 e. The maximum atomic E-state index is 11.0. The molecule has 0 amide bonds.